The van der Waals surface area contributed by atoms with Crippen molar-refractivity contribution in [3.63, 3.8) is 0 Å². The van der Waals surface area contributed by atoms with Crippen molar-refractivity contribution >= 4 is 35.6 Å². The molecule has 192 valence electrons. The first-order valence-electron chi connectivity index (χ1n) is 10.8. The number of nitrogens with zero attached hydrogens (tertiary/aromatic N) is 2. The molecule has 15 nitrogen and oxygen atoms in total. The molecule has 1 saturated heterocycles. The first-order chi connectivity index (χ1) is 16.5. The zero-order chi connectivity index (χ0) is 26.1. The molecule has 1 aliphatic heterocycles. The highest BCUT2D eigenvalue weighted by atomic mass is 16.4. The lowest BCUT2D eigenvalue weighted by Gasteiger charge is -2.28. The minimum Gasteiger partial charge on any atom is -0.481 e. The van der Waals surface area contributed by atoms with Gasteiger partial charge in [0.25, 0.3) is 0 Å². The van der Waals surface area contributed by atoms with Crippen LogP contribution in [0.5, 0.6) is 0 Å². The average molecular weight is 496 g/mol. The van der Waals surface area contributed by atoms with Crippen LogP contribution in [0.15, 0.2) is 12.5 Å². The normalized spacial score (nSPS) is 17.7. The van der Waals surface area contributed by atoms with Crippen LogP contribution in [-0.2, 0) is 35.2 Å². The van der Waals surface area contributed by atoms with Crippen molar-refractivity contribution in [1.82, 2.24) is 25.5 Å². The third kappa shape index (κ3) is 8.06. The molecule has 2 rings (SSSR count). The Hall–Kier alpha value is -4.01. The van der Waals surface area contributed by atoms with Crippen LogP contribution in [0, 0.1) is 0 Å². The SMILES string of the molecule is NC(Cc1cnc[nH]1)C(=O)NC(CCC(=O)O)C(=O)NC(CC(=O)O)C(=O)N1CCCC1C(=O)O. The molecule has 1 aromatic heterocycles. The highest BCUT2D eigenvalue weighted by molar-refractivity contribution is 5.96. The number of carbonyl (C=O) groups is 6. The van der Waals surface area contributed by atoms with Crippen molar-refractivity contribution in [3.8, 4) is 0 Å². The van der Waals surface area contributed by atoms with Crippen LogP contribution in [0.1, 0.15) is 37.8 Å². The summed E-state index contributed by atoms with van der Waals surface area (Å²) in [6, 6.07) is -5.33. The van der Waals surface area contributed by atoms with Gasteiger partial charge in [0.1, 0.15) is 18.1 Å². The summed E-state index contributed by atoms with van der Waals surface area (Å²) in [6.45, 7) is 0.0728. The number of aromatic amines is 1. The number of carbonyl (C=O) groups excluding carboxylic acids is 3. The molecule has 1 fully saturated rings. The number of imidazole rings is 1. The van der Waals surface area contributed by atoms with E-state index in [1.807, 2.05) is 0 Å². The van der Waals surface area contributed by atoms with E-state index in [-0.39, 0.29) is 25.8 Å². The van der Waals surface area contributed by atoms with Crippen molar-refractivity contribution in [1.29, 1.82) is 0 Å². The van der Waals surface area contributed by atoms with Gasteiger partial charge in [-0.2, -0.15) is 0 Å². The van der Waals surface area contributed by atoms with Crippen LogP contribution in [0.3, 0.4) is 0 Å². The highest BCUT2D eigenvalue weighted by Crippen LogP contribution is 2.19. The summed E-state index contributed by atoms with van der Waals surface area (Å²) >= 11 is 0. The molecule has 0 aliphatic carbocycles. The number of amides is 3. The number of carboxylic acid groups (broad SMARTS) is 3. The minimum atomic E-state index is -1.62. The third-order valence-corrected chi connectivity index (χ3v) is 5.43. The Morgan fingerprint density at radius 3 is 2.34 bits per heavy atom. The van der Waals surface area contributed by atoms with Crippen molar-refractivity contribution in [2.75, 3.05) is 6.54 Å². The highest BCUT2D eigenvalue weighted by Gasteiger charge is 2.39. The van der Waals surface area contributed by atoms with E-state index in [9.17, 15) is 39.0 Å². The topological polar surface area (TPSA) is 245 Å². The standard InChI is InChI=1S/C20H28N6O9/c21-11(6-10-8-22-9-23-10)17(31)24-12(3-4-15(27)28)18(32)25-13(7-16(29)30)19(33)26-5-1-2-14(26)20(34)35/h8-9,11-14H,1-7,21H2,(H,22,23)(H,24,31)(H,25,32)(H,27,28)(H,29,30)(H,34,35). The number of hydrogen-bond donors (Lipinski definition) is 7. The molecule has 0 aromatic carbocycles. The lowest BCUT2D eigenvalue weighted by atomic mass is 10.1. The predicted molar refractivity (Wildman–Crippen MR) is 116 cm³/mol. The maximum atomic E-state index is 12.9. The first kappa shape index (κ1) is 27.2. The van der Waals surface area contributed by atoms with Gasteiger partial charge in [-0.05, 0) is 19.3 Å². The summed E-state index contributed by atoms with van der Waals surface area (Å²) in [4.78, 5) is 79.7. The van der Waals surface area contributed by atoms with Crippen LogP contribution in [-0.4, -0.2) is 96.5 Å². The van der Waals surface area contributed by atoms with Gasteiger partial charge in [-0.15, -0.1) is 0 Å². The molecule has 0 radical (unpaired) electrons. The van der Waals surface area contributed by atoms with Gasteiger partial charge in [0.05, 0.1) is 18.8 Å². The molecule has 4 atom stereocenters. The molecule has 0 spiro atoms. The van der Waals surface area contributed by atoms with E-state index in [4.69, 9.17) is 10.8 Å². The molecular weight excluding hydrogens is 468 g/mol. The number of likely N-dealkylation sites (tertiary alicyclic amines) is 1. The van der Waals surface area contributed by atoms with Crippen molar-refractivity contribution in [2.45, 2.75) is 62.7 Å². The largest absolute Gasteiger partial charge is 0.481 e. The predicted octanol–water partition coefficient (Wildman–Crippen LogP) is -2.34. The number of aliphatic carboxylic acids is 3. The smallest absolute Gasteiger partial charge is 0.326 e. The van der Waals surface area contributed by atoms with E-state index in [2.05, 4.69) is 20.6 Å². The van der Waals surface area contributed by atoms with E-state index >= 15 is 0 Å². The Kier molecular flexibility index (Phi) is 9.69. The van der Waals surface area contributed by atoms with Gasteiger partial charge < -0.3 is 41.6 Å². The van der Waals surface area contributed by atoms with Crippen LogP contribution >= 0.6 is 0 Å². The maximum absolute atomic E-state index is 12.9. The fraction of sp³-hybridized carbons (Fsp3) is 0.550. The summed E-state index contributed by atoms with van der Waals surface area (Å²) in [5, 5.41) is 32.1. The second-order valence-corrected chi connectivity index (χ2v) is 8.07. The first-order valence-corrected chi connectivity index (χ1v) is 10.8. The Labute approximate surface area is 199 Å². The summed E-state index contributed by atoms with van der Waals surface area (Å²) in [7, 11) is 0. The molecule has 0 saturated carbocycles. The van der Waals surface area contributed by atoms with E-state index in [1.165, 1.54) is 12.5 Å². The maximum Gasteiger partial charge on any atom is 0.326 e. The number of nitrogens with one attached hydrogen (secondary N) is 3. The number of nitrogens with two attached hydrogens (primary N) is 1. The average Bonchev–Trinajstić information content (AvgIpc) is 3.47. The monoisotopic (exact) mass is 496 g/mol. The van der Waals surface area contributed by atoms with E-state index in [0.717, 1.165) is 4.90 Å². The number of carboxylic acids is 3. The van der Waals surface area contributed by atoms with Gasteiger partial charge in [-0.3, -0.25) is 24.0 Å². The Morgan fingerprint density at radius 1 is 1.09 bits per heavy atom. The molecule has 4 unspecified atom stereocenters. The Bertz CT molecular complexity index is 951. The lowest BCUT2D eigenvalue weighted by Crippen LogP contribution is -2.57. The van der Waals surface area contributed by atoms with Crippen molar-refractivity contribution < 1.29 is 44.1 Å². The lowest BCUT2D eigenvalue weighted by molar-refractivity contribution is -0.150. The Morgan fingerprint density at radius 2 is 1.77 bits per heavy atom. The fourth-order valence-electron chi connectivity index (χ4n) is 3.68. The number of hydrogen-bond acceptors (Lipinski definition) is 8. The molecule has 3 amide bonds. The zero-order valence-electron chi connectivity index (χ0n) is 18.7. The molecule has 8 N–H and O–H groups in total. The molecule has 0 bridgehead atoms. The molecule has 1 aromatic rings. The second kappa shape index (κ2) is 12.5. The third-order valence-electron chi connectivity index (χ3n) is 5.43. The molecule has 1 aliphatic rings. The molecule has 35 heavy (non-hydrogen) atoms. The quantitative estimate of drug-likeness (QED) is 0.152. The van der Waals surface area contributed by atoms with Crippen molar-refractivity contribution in [2.24, 2.45) is 5.73 Å². The van der Waals surface area contributed by atoms with Gasteiger partial charge >= 0.3 is 17.9 Å². The molecular formula is C20H28N6O9. The van der Waals surface area contributed by atoms with Crippen LogP contribution in [0.25, 0.3) is 0 Å². The fourth-order valence-corrected chi connectivity index (χ4v) is 3.68. The molecule has 2 heterocycles. The summed E-state index contributed by atoms with van der Waals surface area (Å²) in [5.74, 6) is -6.62. The van der Waals surface area contributed by atoms with E-state index < -0.39 is 72.6 Å². The summed E-state index contributed by atoms with van der Waals surface area (Å²) in [5.41, 5.74) is 6.40. The number of rotatable bonds is 13. The van der Waals surface area contributed by atoms with Crippen LogP contribution in [0.4, 0.5) is 0 Å². The van der Waals surface area contributed by atoms with Crippen LogP contribution in [0.2, 0.25) is 0 Å². The van der Waals surface area contributed by atoms with Gasteiger partial charge in [-0.1, -0.05) is 0 Å². The second-order valence-electron chi connectivity index (χ2n) is 8.07. The van der Waals surface area contributed by atoms with Crippen LogP contribution < -0.4 is 16.4 Å². The molecule has 15 heteroatoms. The van der Waals surface area contributed by atoms with Crippen molar-refractivity contribution in [3.05, 3.63) is 18.2 Å². The van der Waals surface area contributed by atoms with Gasteiger partial charge in [0.15, 0.2) is 0 Å². The van der Waals surface area contributed by atoms with Gasteiger partial charge in [0, 0.05) is 31.3 Å². The summed E-state index contributed by atoms with van der Waals surface area (Å²) in [6.07, 6.45) is 1.74. The Balaban J connectivity index is 2.14. The summed E-state index contributed by atoms with van der Waals surface area (Å²) < 4.78 is 0. The van der Waals surface area contributed by atoms with E-state index in [1.54, 1.807) is 0 Å². The number of aromatic nitrogens is 2. The minimum absolute atomic E-state index is 0.0464. The number of H-pyrrole nitrogens is 1. The van der Waals surface area contributed by atoms with E-state index in [0.29, 0.717) is 12.1 Å². The van der Waals surface area contributed by atoms with Gasteiger partial charge in [0.2, 0.25) is 17.7 Å². The zero-order valence-corrected chi connectivity index (χ0v) is 18.7. The van der Waals surface area contributed by atoms with Gasteiger partial charge in [-0.25, -0.2) is 9.78 Å².